The summed E-state index contributed by atoms with van der Waals surface area (Å²) in [6.45, 7) is 0.396. The van der Waals surface area contributed by atoms with Gasteiger partial charge in [-0.2, -0.15) is 0 Å². The van der Waals surface area contributed by atoms with Crippen LogP contribution < -0.4 is 11.5 Å². The van der Waals surface area contributed by atoms with E-state index < -0.39 is 12.0 Å². The number of aliphatic imine (C=N–C) groups is 3. The van der Waals surface area contributed by atoms with Crippen molar-refractivity contribution in [3.63, 3.8) is 0 Å². The van der Waals surface area contributed by atoms with Crippen LogP contribution in [-0.4, -0.2) is 42.1 Å². The summed E-state index contributed by atoms with van der Waals surface area (Å²) >= 11 is 0. The Morgan fingerprint density at radius 1 is 1.39 bits per heavy atom. The molecule has 0 radical (unpaired) electrons. The molecule has 0 amide bonds. The van der Waals surface area contributed by atoms with Gasteiger partial charge in [0.25, 0.3) is 0 Å². The molecule has 0 saturated carbocycles. The van der Waals surface area contributed by atoms with Gasteiger partial charge in [-0.15, -0.1) is 0 Å². The topological polar surface area (TPSA) is 126 Å². The van der Waals surface area contributed by atoms with Crippen LogP contribution in [0.2, 0.25) is 0 Å². The molecule has 1 atom stereocenters. The molecule has 1 aliphatic rings. The highest BCUT2D eigenvalue weighted by Gasteiger charge is 2.14. The Labute approximate surface area is 134 Å². The molecule has 0 spiro atoms. The second-order valence-electron chi connectivity index (χ2n) is 5.04. The summed E-state index contributed by atoms with van der Waals surface area (Å²) in [4.78, 5) is 23.1. The number of aliphatic carboxylic acids is 1. The Morgan fingerprint density at radius 3 is 2.83 bits per heavy atom. The number of nitrogens with two attached hydrogens (primary N) is 2. The van der Waals surface area contributed by atoms with Crippen LogP contribution in [0.4, 0.5) is 5.69 Å². The average Bonchev–Trinajstić information content (AvgIpc) is 2.47. The van der Waals surface area contributed by atoms with Crippen LogP contribution in [0.25, 0.3) is 6.08 Å². The summed E-state index contributed by atoms with van der Waals surface area (Å²) in [7, 11) is 0. The van der Waals surface area contributed by atoms with Crippen molar-refractivity contribution >= 4 is 36.1 Å². The number of carbonyl (C=O) groups is 1. The fraction of sp³-hybridized carbons (Fsp3) is 0.250. The van der Waals surface area contributed by atoms with Crippen LogP contribution in [0.15, 0.2) is 39.3 Å². The number of guanidine groups is 1. The van der Waals surface area contributed by atoms with Gasteiger partial charge >= 0.3 is 5.97 Å². The lowest BCUT2D eigenvalue weighted by molar-refractivity contribution is -0.138. The number of hydrogen-bond acceptors (Lipinski definition) is 4. The SMILES string of the molecule is NC(N)=NCCC[C@H](N=C/C=C/c1ccc2c(c1)N=C2)C(=O)O. The zero-order valence-electron chi connectivity index (χ0n) is 12.6. The van der Waals surface area contributed by atoms with E-state index in [1.807, 2.05) is 30.5 Å². The molecule has 1 aromatic rings. The molecule has 7 nitrogen and oxygen atoms in total. The summed E-state index contributed by atoms with van der Waals surface area (Å²) in [5, 5.41) is 9.13. The number of fused-ring (bicyclic) bond motifs is 1. The minimum atomic E-state index is -0.963. The molecule has 0 unspecified atom stereocenters. The van der Waals surface area contributed by atoms with Crippen LogP contribution >= 0.6 is 0 Å². The first-order valence-electron chi connectivity index (χ1n) is 7.22. The van der Waals surface area contributed by atoms with Crippen molar-refractivity contribution in [3.8, 4) is 0 Å². The highest BCUT2D eigenvalue weighted by Crippen LogP contribution is 2.26. The molecular formula is C16H19N5O2. The molecule has 120 valence electrons. The third-order valence-electron chi connectivity index (χ3n) is 3.25. The minimum absolute atomic E-state index is 0.00573. The lowest BCUT2D eigenvalue weighted by Crippen LogP contribution is -2.23. The van der Waals surface area contributed by atoms with Crippen molar-refractivity contribution in [2.45, 2.75) is 18.9 Å². The number of benzene rings is 1. The molecule has 5 N–H and O–H groups in total. The van der Waals surface area contributed by atoms with E-state index in [9.17, 15) is 4.79 Å². The summed E-state index contributed by atoms with van der Waals surface area (Å²) in [6.07, 6.45) is 7.82. The molecule has 23 heavy (non-hydrogen) atoms. The van der Waals surface area contributed by atoms with Crippen LogP contribution in [0.3, 0.4) is 0 Å². The van der Waals surface area contributed by atoms with Gasteiger partial charge in [0, 0.05) is 24.5 Å². The van der Waals surface area contributed by atoms with Gasteiger partial charge in [0.1, 0.15) is 6.04 Å². The number of carboxylic acid groups (broad SMARTS) is 1. The maximum Gasteiger partial charge on any atom is 0.328 e. The first kappa shape index (κ1) is 16.4. The van der Waals surface area contributed by atoms with Crippen molar-refractivity contribution in [1.29, 1.82) is 0 Å². The number of carboxylic acids is 1. The Kier molecular flexibility index (Phi) is 5.62. The van der Waals surface area contributed by atoms with Crippen molar-refractivity contribution in [3.05, 3.63) is 35.4 Å². The maximum absolute atomic E-state index is 11.1. The van der Waals surface area contributed by atoms with Crippen molar-refractivity contribution in [1.82, 2.24) is 0 Å². The van der Waals surface area contributed by atoms with Gasteiger partial charge in [-0.1, -0.05) is 18.2 Å². The quantitative estimate of drug-likeness (QED) is 0.386. The Hall–Kier alpha value is -2.96. The second kappa shape index (κ2) is 7.88. The van der Waals surface area contributed by atoms with E-state index in [1.54, 1.807) is 6.08 Å². The van der Waals surface area contributed by atoms with Crippen molar-refractivity contribution in [2.24, 2.45) is 26.4 Å². The summed E-state index contributed by atoms with van der Waals surface area (Å²) < 4.78 is 0. The number of rotatable bonds is 8. The fourth-order valence-electron chi connectivity index (χ4n) is 2.02. The van der Waals surface area contributed by atoms with Crippen LogP contribution in [0.5, 0.6) is 0 Å². The predicted octanol–water partition coefficient (Wildman–Crippen LogP) is 1.34. The molecule has 1 aromatic carbocycles. The molecule has 1 heterocycles. The third-order valence-corrected chi connectivity index (χ3v) is 3.25. The maximum atomic E-state index is 11.1. The Morgan fingerprint density at radius 2 is 2.22 bits per heavy atom. The predicted molar refractivity (Wildman–Crippen MR) is 92.6 cm³/mol. The van der Waals surface area contributed by atoms with Crippen molar-refractivity contribution < 1.29 is 9.90 Å². The van der Waals surface area contributed by atoms with Gasteiger partial charge < -0.3 is 16.6 Å². The van der Waals surface area contributed by atoms with Gasteiger partial charge in [-0.25, -0.2) is 4.79 Å². The van der Waals surface area contributed by atoms with Gasteiger partial charge in [-0.3, -0.25) is 15.0 Å². The molecule has 0 aliphatic carbocycles. The number of hydrogen-bond donors (Lipinski definition) is 3. The van der Waals surface area contributed by atoms with Gasteiger partial charge in [-0.05, 0) is 30.5 Å². The molecule has 0 fully saturated rings. The lowest BCUT2D eigenvalue weighted by atomic mass is 10.1. The largest absolute Gasteiger partial charge is 0.480 e. The van der Waals surface area contributed by atoms with E-state index >= 15 is 0 Å². The normalized spacial score (nSPS) is 13.7. The Bertz CT molecular complexity index is 688. The summed E-state index contributed by atoms with van der Waals surface area (Å²) in [6, 6.07) is 5.13. The highest BCUT2D eigenvalue weighted by molar-refractivity contribution is 5.97. The first-order valence-corrected chi connectivity index (χ1v) is 7.22. The van der Waals surface area contributed by atoms with Crippen LogP contribution in [0.1, 0.15) is 24.0 Å². The van der Waals surface area contributed by atoms with E-state index in [2.05, 4.69) is 15.0 Å². The van der Waals surface area contributed by atoms with E-state index in [0.29, 0.717) is 19.4 Å². The minimum Gasteiger partial charge on any atom is -0.480 e. The molecule has 0 aromatic heterocycles. The third kappa shape index (κ3) is 5.06. The molecule has 1 aliphatic heterocycles. The van der Waals surface area contributed by atoms with E-state index in [4.69, 9.17) is 16.6 Å². The second-order valence-corrected chi connectivity index (χ2v) is 5.04. The zero-order chi connectivity index (χ0) is 16.7. The molecule has 0 saturated heterocycles. The zero-order valence-corrected chi connectivity index (χ0v) is 12.6. The number of allylic oxidation sites excluding steroid dienone is 1. The van der Waals surface area contributed by atoms with E-state index in [1.165, 1.54) is 6.21 Å². The highest BCUT2D eigenvalue weighted by atomic mass is 16.4. The van der Waals surface area contributed by atoms with Crippen LogP contribution in [0, 0.1) is 0 Å². The molecular weight excluding hydrogens is 294 g/mol. The fourth-order valence-corrected chi connectivity index (χ4v) is 2.02. The molecule has 0 bridgehead atoms. The average molecular weight is 313 g/mol. The van der Waals surface area contributed by atoms with Crippen molar-refractivity contribution in [2.75, 3.05) is 6.54 Å². The van der Waals surface area contributed by atoms with Gasteiger partial charge in [0.05, 0.1) is 5.69 Å². The lowest BCUT2D eigenvalue weighted by Gasteiger charge is -2.08. The van der Waals surface area contributed by atoms with E-state index in [0.717, 1.165) is 16.8 Å². The van der Waals surface area contributed by atoms with Crippen LogP contribution in [-0.2, 0) is 4.79 Å². The van der Waals surface area contributed by atoms with Gasteiger partial charge in [0.15, 0.2) is 5.96 Å². The number of nitrogens with zero attached hydrogens (tertiary/aromatic N) is 3. The summed E-state index contributed by atoms with van der Waals surface area (Å²) in [5.74, 6) is -0.957. The molecule has 2 rings (SSSR count). The standard InChI is InChI=1S/C16H19N5O2/c17-16(18)20-8-2-4-13(15(22)23)19-7-1-3-11-5-6-12-10-21-14(12)9-11/h1,3,5-7,9-10,13H,2,4,8H2,(H,22,23)(H4,17,18,20)/b3-1+,19-7?/t13-/m0/s1. The monoisotopic (exact) mass is 313 g/mol. The summed E-state index contributed by atoms with van der Waals surface area (Å²) in [5.41, 5.74) is 13.5. The first-order chi connectivity index (χ1) is 11.1. The van der Waals surface area contributed by atoms with E-state index in [-0.39, 0.29) is 5.96 Å². The smallest absolute Gasteiger partial charge is 0.328 e. The Balaban J connectivity index is 1.85. The van der Waals surface area contributed by atoms with Gasteiger partial charge in [0.2, 0.25) is 0 Å². The molecule has 7 heteroatoms.